The van der Waals surface area contributed by atoms with Gasteiger partial charge >= 0.3 is 6.09 Å². The molecule has 3 aromatic rings. The Morgan fingerprint density at radius 3 is 2.76 bits per heavy atom. The molecule has 1 amide bonds. The molecule has 1 N–H and O–H groups in total. The van der Waals surface area contributed by atoms with Gasteiger partial charge < -0.3 is 14.6 Å². The molecule has 1 aromatic carbocycles. The van der Waals surface area contributed by atoms with Gasteiger partial charge in [-0.1, -0.05) is 38.1 Å². The molecule has 1 fully saturated rings. The third-order valence-electron chi connectivity index (χ3n) is 6.51. The Hall–Kier alpha value is -3.53. The standard InChI is InChI=1S/C24H30N8O2/c1-16(2)20-14-34-24(33)32(20)21-8-9-25-23(28-21)27-17(3)19-6-4-18(5-7-19)12-30-10-11-31-15-26-29-22(31)13-30/h4-9,15-17,20H,10-14H2,1-3H3,(H,25,27,28)/t17-,20+/m0/s1. The molecule has 0 bridgehead atoms. The molecule has 0 aliphatic carbocycles. The van der Waals surface area contributed by atoms with Gasteiger partial charge in [0.15, 0.2) is 0 Å². The minimum Gasteiger partial charge on any atom is -0.447 e. The van der Waals surface area contributed by atoms with Crippen molar-refractivity contribution < 1.29 is 9.53 Å². The van der Waals surface area contributed by atoms with Crippen LogP contribution in [0.15, 0.2) is 42.9 Å². The van der Waals surface area contributed by atoms with Crippen molar-refractivity contribution in [3.05, 3.63) is 59.8 Å². The lowest BCUT2D eigenvalue weighted by atomic mass is 10.0. The number of aromatic nitrogens is 5. The van der Waals surface area contributed by atoms with E-state index in [9.17, 15) is 4.79 Å². The number of anilines is 2. The molecule has 0 saturated carbocycles. The fraction of sp³-hybridized carbons (Fsp3) is 0.458. The number of amides is 1. The van der Waals surface area contributed by atoms with Crippen molar-refractivity contribution in [1.82, 2.24) is 29.6 Å². The zero-order valence-electron chi connectivity index (χ0n) is 19.8. The first-order valence-electron chi connectivity index (χ1n) is 11.7. The van der Waals surface area contributed by atoms with Crippen LogP contribution in [-0.4, -0.2) is 54.9 Å². The van der Waals surface area contributed by atoms with Crippen molar-refractivity contribution in [3.63, 3.8) is 0 Å². The molecular weight excluding hydrogens is 432 g/mol. The van der Waals surface area contributed by atoms with Gasteiger partial charge in [0.05, 0.1) is 18.6 Å². The van der Waals surface area contributed by atoms with E-state index in [-0.39, 0.29) is 24.1 Å². The summed E-state index contributed by atoms with van der Waals surface area (Å²) >= 11 is 0. The maximum Gasteiger partial charge on any atom is 0.415 e. The lowest BCUT2D eigenvalue weighted by Crippen LogP contribution is -2.37. The SMILES string of the molecule is CC(C)[C@H]1COC(=O)N1c1ccnc(N[C@@H](C)c2ccc(CN3CCn4cnnc4C3)cc2)n1. The number of fused-ring (bicyclic) bond motifs is 1. The van der Waals surface area contributed by atoms with E-state index in [4.69, 9.17) is 4.74 Å². The topological polar surface area (TPSA) is 101 Å². The number of hydrogen-bond donors (Lipinski definition) is 1. The second-order valence-corrected chi connectivity index (χ2v) is 9.26. The van der Waals surface area contributed by atoms with Crippen LogP contribution in [0.5, 0.6) is 0 Å². The van der Waals surface area contributed by atoms with Gasteiger partial charge in [-0.25, -0.2) is 9.78 Å². The zero-order valence-corrected chi connectivity index (χ0v) is 19.8. The van der Waals surface area contributed by atoms with Gasteiger partial charge in [0, 0.05) is 25.8 Å². The minimum absolute atomic E-state index is 0.00395. The summed E-state index contributed by atoms with van der Waals surface area (Å²) < 4.78 is 7.37. The molecule has 0 radical (unpaired) electrons. The molecular formula is C24H30N8O2. The average molecular weight is 463 g/mol. The van der Waals surface area contributed by atoms with Gasteiger partial charge in [0.1, 0.15) is 24.6 Å². The quantitative estimate of drug-likeness (QED) is 0.571. The number of carbonyl (C=O) groups is 1. The molecule has 2 aliphatic rings. The van der Waals surface area contributed by atoms with Crippen LogP contribution in [0, 0.1) is 5.92 Å². The number of benzene rings is 1. The van der Waals surface area contributed by atoms with Crippen molar-refractivity contribution >= 4 is 17.9 Å². The largest absolute Gasteiger partial charge is 0.447 e. The van der Waals surface area contributed by atoms with Crippen LogP contribution in [0.2, 0.25) is 0 Å². The number of carbonyl (C=O) groups excluding carboxylic acids is 1. The molecule has 2 atom stereocenters. The average Bonchev–Trinajstić information content (AvgIpc) is 3.46. The molecule has 0 unspecified atom stereocenters. The van der Waals surface area contributed by atoms with Gasteiger partial charge in [0.2, 0.25) is 5.95 Å². The molecule has 10 heteroatoms. The fourth-order valence-electron chi connectivity index (χ4n) is 4.44. The maximum atomic E-state index is 12.3. The maximum absolute atomic E-state index is 12.3. The van der Waals surface area contributed by atoms with Gasteiger partial charge in [0.25, 0.3) is 0 Å². The lowest BCUT2D eigenvalue weighted by Gasteiger charge is -2.27. The molecule has 178 valence electrons. The van der Waals surface area contributed by atoms with Gasteiger partial charge in [-0.2, -0.15) is 4.98 Å². The summed E-state index contributed by atoms with van der Waals surface area (Å²) in [7, 11) is 0. The van der Waals surface area contributed by atoms with Crippen LogP contribution < -0.4 is 10.2 Å². The highest BCUT2D eigenvalue weighted by Crippen LogP contribution is 2.27. The third kappa shape index (κ3) is 4.58. The second-order valence-electron chi connectivity index (χ2n) is 9.26. The number of nitrogens with one attached hydrogen (secondary N) is 1. The third-order valence-corrected chi connectivity index (χ3v) is 6.51. The van der Waals surface area contributed by atoms with Crippen LogP contribution in [0.4, 0.5) is 16.6 Å². The molecule has 1 saturated heterocycles. The van der Waals surface area contributed by atoms with E-state index >= 15 is 0 Å². The summed E-state index contributed by atoms with van der Waals surface area (Å²) in [5.41, 5.74) is 2.39. The van der Waals surface area contributed by atoms with E-state index in [1.807, 2.05) is 0 Å². The molecule has 0 spiro atoms. The summed E-state index contributed by atoms with van der Waals surface area (Å²) in [5.74, 6) is 2.32. The van der Waals surface area contributed by atoms with Crippen LogP contribution in [0.1, 0.15) is 43.8 Å². The summed E-state index contributed by atoms with van der Waals surface area (Å²) in [6.07, 6.45) is 3.11. The minimum atomic E-state index is -0.360. The van der Waals surface area contributed by atoms with Gasteiger partial charge in [-0.15, -0.1) is 10.2 Å². The molecule has 10 nitrogen and oxygen atoms in total. The van der Waals surface area contributed by atoms with E-state index in [0.717, 1.165) is 37.6 Å². The predicted molar refractivity (Wildman–Crippen MR) is 127 cm³/mol. The highest BCUT2D eigenvalue weighted by molar-refractivity contribution is 5.89. The smallest absolute Gasteiger partial charge is 0.415 e. The first-order valence-corrected chi connectivity index (χ1v) is 11.7. The normalized spacial score (nSPS) is 19.2. The van der Waals surface area contributed by atoms with Gasteiger partial charge in [-0.05, 0) is 30.0 Å². The van der Waals surface area contributed by atoms with E-state index in [1.165, 1.54) is 5.56 Å². The fourth-order valence-corrected chi connectivity index (χ4v) is 4.44. The first-order chi connectivity index (χ1) is 16.5. The number of rotatable bonds is 7. The summed E-state index contributed by atoms with van der Waals surface area (Å²) in [6, 6.07) is 10.3. The number of hydrogen-bond acceptors (Lipinski definition) is 8. The molecule has 2 aromatic heterocycles. The Morgan fingerprint density at radius 2 is 1.97 bits per heavy atom. The Bertz CT molecular complexity index is 1150. The van der Waals surface area contributed by atoms with Crippen LogP contribution in [-0.2, 0) is 24.4 Å². The monoisotopic (exact) mass is 462 g/mol. The van der Waals surface area contributed by atoms with E-state index < -0.39 is 0 Å². The highest BCUT2D eigenvalue weighted by Gasteiger charge is 2.37. The van der Waals surface area contributed by atoms with Crippen LogP contribution in [0.25, 0.3) is 0 Å². The highest BCUT2D eigenvalue weighted by atomic mass is 16.6. The Balaban J connectivity index is 1.22. The zero-order chi connectivity index (χ0) is 23.7. The van der Waals surface area contributed by atoms with Crippen molar-refractivity contribution in [1.29, 1.82) is 0 Å². The molecule has 2 aliphatic heterocycles. The Labute approximate surface area is 199 Å². The van der Waals surface area contributed by atoms with Crippen molar-refractivity contribution in [3.8, 4) is 0 Å². The van der Waals surface area contributed by atoms with Gasteiger partial charge in [-0.3, -0.25) is 9.80 Å². The second kappa shape index (κ2) is 9.38. The Morgan fingerprint density at radius 1 is 1.15 bits per heavy atom. The van der Waals surface area contributed by atoms with Crippen molar-refractivity contribution in [2.75, 3.05) is 23.4 Å². The van der Waals surface area contributed by atoms with Crippen molar-refractivity contribution in [2.24, 2.45) is 5.92 Å². The van der Waals surface area contributed by atoms with Crippen LogP contribution >= 0.6 is 0 Å². The summed E-state index contributed by atoms with van der Waals surface area (Å²) in [4.78, 5) is 25.2. The first kappa shape index (κ1) is 22.3. The summed E-state index contributed by atoms with van der Waals surface area (Å²) in [6.45, 7) is 10.2. The van der Waals surface area contributed by atoms with E-state index in [0.29, 0.717) is 18.4 Å². The molecule has 5 rings (SSSR count). The number of ether oxygens (including phenoxy) is 1. The van der Waals surface area contributed by atoms with Crippen LogP contribution in [0.3, 0.4) is 0 Å². The number of cyclic esters (lactones) is 1. The predicted octanol–water partition coefficient (Wildman–Crippen LogP) is 3.24. The number of nitrogens with zero attached hydrogens (tertiary/aromatic N) is 7. The summed E-state index contributed by atoms with van der Waals surface area (Å²) in [5, 5.41) is 11.6. The Kier molecular flexibility index (Phi) is 6.14. The van der Waals surface area contributed by atoms with Crippen molar-refractivity contribution in [2.45, 2.75) is 52.5 Å². The molecule has 34 heavy (non-hydrogen) atoms. The van der Waals surface area contributed by atoms with E-state index in [2.05, 4.69) is 80.0 Å². The lowest BCUT2D eigenvalue weighted by molar-refractivity contribution is 0.177. The molecule has 4 heterocycles. The van der Waals surface area contributed by atoms with E-state index in [1.54, 1.807) is 23.5 Å².